The number of hydrogen-bond donors (Lipinski definition) is 1. The van der Waals surface area contributed by atoms with Crippen LogP contribution in [0.25, 0.3) is 0 Å². The molecule has 0 unspecified atom stereocenters. The number of nitrogens with zero attached hydrogens (tertiary/aromatic N) is 3. The number of nitro benzene ring substituents is 2. The standard InChI is InChI=1S/C22H20N4O6/c1-31-18-8-3-15(4-9-18)13-21(16-5-10-19(32-2)11-6-16)24-23-20-12-7-17(25(27)28)14-22(20)26(29)30/h3-12,14,23H,13H2,1-2H3/b24-21+. The number of hydrogen-bond acceptors (Lipinski definition) is 8. The van der Waals surface area contributed by atoms with Gasteiger partial charge in [0.2, 0.25) is 0 Å². The van der Waals surface area contributed by atoms with E-state index in [0.717, 1.165) is 22.9 Å². The molecule has 0 saturated heterocycles. The van der Waals surface area contributed by atoms with Gasteiger partial charge in [-0.3, -0.25) is 25.7 Å². The van der Waals surface area contributed by atoms with Gasteiger partial charge in [-0.1, -0.05) is 12.1 Å². The second kappa shape index (κ2) is 10.0. The van der Waals surface area contributed by atoms with Crippen molar-refractivity contribution in [2.75, 3.05) is 19.6 Å². The van der Waals surface area contributed by atoms with E-state index < -0.39 is 15.5 Å². The van der Waals surface area contributed by atoms with Crippen LogP contribution in [0.15, 0.2) is 71.8 Å². The Morgan fingerprint density at radius 3 is 2.00 bits per heavy atom. The van der Waals surface area contributed by atoms with E-state index >= 15 is 0 Å². The summed E-state index contributed by atoms with van der Waals surface area (Å²) in [7, 11) is 3.15. The lowest BCUT2D eigenvalue weighted by Gasteiger charge is -2.10. The van der Waals surface area contributed by atoms with Crippen LogP contribution in [-0.4, -0.2) is 29.8 Å². The molecular weight excluding hydrogens is 416 g/mol. The number of benzene rings is 3. The van der Waals surface area contributed by atoms with Crippen LogP contribution >= 0.6 is 0 Å². The van der Waals surface area contributed by atoms with E-state index in [-0.39, 0.29) is 11.4 Å². The van der Waals surface area contributed by atoms with Gasteiger partial charge in [0, 0.05) is 12.5 Å². The summed E-state index contributed by atoms with van der Waals surface area (Å²) in [5, 5.41) is 26.8. The summed E-state index contributed by atoms with van der Waals surface area (Å²) < 4.78 is 10.4. The van der Waals surface area contributed by atoms with Gasteiger partial charge in [-0.05, 0) is 53.6 Å². The van der Waals surface area contributed by atoms with Crippen LogP contribution in [0, 0.1) is 20.2 Å². The first-order chi connectivity index (χ1) is 15.4. The third kappa shape index (κ3) is 5.36. The molecule has 0 radical (unpaired) electrons. The highest BCUT2D eigenvalue weighted by Crippen LogP contribution is 2.29. The second-order valence-corrected chi connectivity index (χ2v) is 6.64. The van der Waals surface area contributed by atoms with Crippen molar-refractivity contribution in [3.05, 3.63) is 98.1 Å². The molecule has 0 aliphatic rings. The monoisotopic (exact) mass is 436 g/mol. The van der Waals surface area contributed by atoms with Crippen molar-refractivity contribution in [2.24, 2.45) is 5.10 Å². The van der Waals surface area contributed by atoms with E-state index in [1.54, 1.807) is 26.4 Å². The van der Waals surface area contributed by atoms with Crippen LogP contribution in [0.4, 0.5) is 17.1 Å². The van der Waals surface area contributed by atoms with Crippen molar-refractivity contribution >= 4 is 22.8 Å². The number of hydrazone groups is 1. The number of ether oxygens (including phenoxy) is 2. The van der Waals surface area contributed by atoms with Crippen molar-refractivity contribution in [1.29, 1.82) is 0 Å². The van der Waals surface area contributed by atoms with Gasteiger partial charge in [-0.2, -0.15) is 5.10 Å². The summed E-state index contributed by atoms with van der Waals surface area (Å²) >= 11 is 0. The van der Waals surface area contributed by atoms with Crippen molar-refractivity contribution in [2.45, 2.75) is 6.42 Å². The Labute approximate surface area is 183 Å². The highest BCUT2D eigenvalue weighted by atomic mass is 16.6. The number of rotatable bonds is 9. The summed E-state index contributed by atoms with van der Waals surface area (Å²) in [6.45, 7) is 0. The summed E-state index contributed by atoms with van der Waals surface area (Å²) in [4.78, 5) is 21.0. The first-order valence-electron chi connectivity index (χ1n) is 9.44. The lowest BCUT2D eigenvalue weighted by Crippen LogP contribution is -2.09. The van der Waals surface area contributed by atoms with Crippen molar-refractivity contribution in [1.82, 2.24) is 0 Å². The van der Waals surface area contributed by atoms with Crippen molar-refractivity contribution < 1.29 is 19.3 Å². The molecule has 0 fully saturated rings. The summed E-state index contributed by atoms with van der Waals surface area (Å²) in [6.07, 6.45) is 0.421. The highest BCUT2D eigenvalue weighted by Gasteiger charge is 2.19. The lowest BCUT2D eigenvalue weighted by molar-refractivity contribution is -0.393. The van der Waals surface area contributed by atoms with Crippen LogP contribution in [0.1, 0.15) is 11.1 Å². The molecule has 1 N–H and O–H groups in total. The van der Waals surface area contributed by atoms with Crippen LogP contribution in [-0.2, 0) is 6.42 Å². The lowest BCUT2D eigenvalue weighted by atomic mass is 10.0. The predicted molar refractivity (Wildman–Crippen MR) is 120 cm³/mol. The number of anilines is 1. The minimum Gasteiger partial charge on any atom is -0.497 e. The quantitative estimate of drug-likeness (QED) is 0.295. The van der Waals surface area contributed by atoms with E-state index in [9.17, 15) is 20.2 Å². The Kier molecular flexibility index (Phi) is 6.96. The molecular formula is C22H20N4O6. The average Bonchev–Trinajstić information content (AvgIpc) is 2.82. The van der Waals surface area contributed by atoms with E-state index in [1.165, 1.54) is 12.1 Å². The fraction of sp³-hybridized carbons (Fsp3) is 0.136. The van der Waals surface area contributed by atoms with E-state index in [4.69, 9.17) is 9.47 Å². The molecule has 0 aliphatic carbocycles. The second-order valence-electron chi connectivity index (χ2n) is 6.64. The molecule has 0 amide bonds. The minimum atomic E-state index is -0.693. The van der Waals surface area contributed by atoms with Crippen molar-refractivity contribution in [3.63, 3.8) is 0 Å². The molecule has 3 rings (SSSR count). The minimum absolute atomic E-state index is 0.0429. The summed E-state index contributed by atoms with van der Waals surface area (Å²) in [5.41, 5.74) is 4.25. The first-order valence-corrected chi connectivity index (χ1v) is 9.44. The van der Waals surface area contributed by atoms with Gasteiger partial charge in [-0.25, -0.2) is 0 Å². The molecule has 164 valence electrons. The number of non-ortho nitro benzene ring substituents is 1. The fourth-order valence-electron chi connectivity index (χ4n) is 2.93. The van der Waals surface area contributed by atoms with Gasteiger partial charge in [-0.15, -0.1) is 0 Å². The molecule has 0 bridgehead atoms. The fourth-order valence-corrected chi connectivity index (χ4v) is 2.93. The smallest absolute Gasteiger partial charge is 0.301 e. The van der Waals surface area contributed by atoms with E-state index in [2.05, 4.69) is 10.5 Å². The first kappa shape index (κ1) is 22.2. The van der Waals surface area contributed by atoms with Gasteiger partial charge in [0.15, 0.2) is 0 Å². The molecule has 3 aromatic carbocycles. The molecule has 0 aliphatic heterocycles. The topological polar surface area (TPSA) is 129 Å². The largest absolute Gasteiger partial charge is 0.497 e. The molecule has 0 saturated carbocycles. The Morgan fingerprint density at radius 2 is 1.47 bits per heavy atom. The zero-order valence-electron chi connectivity index (χ0n) is 17.3. The highest BCUT2D eigenvalue weighted by molar-refractivity contribution is 6.02. The SMILES string of the molecule is COc1ccc(C/C(=N\Nc2ccc([N+](=O)[O-])cc2[N+](=O)[O-])c2ccc(OC)cc2)cc1. The maximum absolute atomic E-state index is 11.4. The van der Waals surface area contributed by atoms with Crippen molar-refractivity contribution in [3.8, 4) is 11.5 Å². The molecule has 3 aromatic rings. The number of nitro groups is 2. The van der Waals surface area contributed by atoms with Gasteiger partial charge >= 0.3 is 5.69 Å². The normalized spacial score (nSPS) is 11.0. The van der Waals surface area contributed by atoms with Gasteiger partial charge in [0.1, 0.15) is 17.2 Å². The molecule has 0 heterocycles. The van der Waals surface area contributed by atoms with Crippen LogP contribution < -0.4 is 14.9 Å². The number of methoxy groups -OCH3 is 2. The average molecular weight is 436 g/mol. The van der Waals surface area contributed by atoms with Gasteiger partial charge in [0.05, 0.1) is 35.8 Å². The Balaban J connectivity index is 1.96. The third-order valence-electron chi connectivity index (χ3n) is 4.65. The third-order valence-corrected chi connectivity index (χ3v) is 4.65. The van der Waals surface area contributed by atoms with E-state index in [0.29, 0.717) is 17.9 Å². The van der Waals surface area contributed by atoms with Crippen LogP contribution in [0.3, 0.4) is 0 Å². The van der Waals surface area contributed by atoms with Gasteiger partial charge in [0.25, 0.3) is 5.69 Å². The molecule has 0 atom stereocenters. The Bertz CT molecular complexity index is 1140. The number of nitrogens with one attached hydrogen (secondary N) is 1. The molecule has 0 spiro atoms. The predicted octanol–water partition coefficient (Wildman–Crippen LogP) is 4.58. The van der Waals surface area contributed by atoms with Crippen LogP contribution in [0.2, 0.25) is 0 Å². The Morgan fingerprint density at radius 1 is 0.875 bits per heavy atom. The molecule has 0 aromatic heterocycles. The maximum Gasteiger partial charge on any atom is 0.301 e. The van der Waals surface area contributed by atoms with Crippen LogP contribution in [0.5, 0.6) is 11.5 Å². The molecule has 32 heavy (non-hydrogen) atoms. The summed E-state index contributed by atoms with van der Waals surface area (Å²) in [5.74, 6) is 1.40. The maximum atomic E-state index is 11.4. The molecule has 10 nitrogen and oxygen atoms in total. The zero-order valence-corrected chi connectivity index (χ0v) is 17.3. The zero-order chi connectivity index (χ0) is 23.1. The summed E-state index contributed by atoms with van der Waals surface area (Å²) in [6, 6.07) is 18.0. The van der Waals surface area contributed by atoms with Gasteiger partial charge < -0.3 is 9.47 Å². The van der Waals surface area contributed by atoms with E-state index in [1.807, 2.05) is 36.4 Å². The Hall–Kier alpha value is -4.47. The molecule has 10 heteroatoms.